The van der Waals surface area contributed by atoms with Gasteiger partial charge in [-0.15, -0.1) is 11.3 Å². The van der Waals surface area contributed by atoms with Gasteiger partial charge in [-0.1, -0.05) is 12.1 Å². The largest absolute Gasteiger partial charge is 0.486 e. The minimum absolute atomic E-state index is 0.0549. The summed E-state index contributed by atoms with van der Waals surface area (Å²) >= 11 is 1.18. The molecule has 0 fully saturated rings. The molecule has 4 aromatic rings. The number of nitrogens with zero attached hydrogens (tertiary/aromatic N) is 1. The molecule has 0 aliphatic heterocycles. The van der Waals surface area contributed by atoms with E-state index < -0.39 is 15.9 Å². The van der Waals surface area contributed by atoms with E-state index in [0.717, 1.165) is 5.56 Å². The minimum Gasteiger partial charge on any atom is -0.486 e. The van der Waals surface area contributed by atoms with E-state index in [-0.39, 0.29) is 22.4 Å². The number of benzene rings is 2. The second kappa shape index (κ2) is 9.25. The highest BCUT2D eigenvalue weighted by Crippen LogP contribution is 2.21. The number of anilines is 2. The third-order valence-electron chi connectivity index (χ3n) is 4.33. The molecule has 10 heteroatoms. The first kappa shape index (κ1) is 21.6. The van der Waals surface area contributed by atoms with E-state index in [1.165, 1.54) is 41.8 Å². The topological polar surface area (TPSA) is 111 Å². The van der Waals surface area contributed by atoms with Gasteiger partial charge in [-0.3, -0.25) is 9.52 Å². The molecule has 0 spiro atoms. The van der Waals surface area contributed by atoms with Crippen molar-refractivity contribution in [3.8, 4) is 5.75 Å². The van der Waals surface area contributed by atoms with Gasteiger partial charge < -0.3 is 14.5 Å². The summed E-state index contributed by atoms with van der Waals surface area (Å²) in [6, 6.07) is 16.7. The number of rotatable bonds is 8. The van der Waals surface area contributed by atoms with Gasteiger partial charge in [0.25, 0.3) is 15.9 Å². The summed E-state index contributed by atoms with van der Waals surface area (Å²) in [6.45, 7) is 2.16. The molecule has 0 saturated heterocycles. The van der Waals surface area contributed by atoms with Crippen LogP contribution in [-0.2, 0) is 16.6 Å². The number of carbonyl (C=O) groups excluding carboxylic acids is 1. The van der Waals surface area contributed by atoms with Gasteiger partial charge in [0.1, 0.15) is 18.1 Å². The predicted molar refractivity (Wildman–Crippen MR) is 122 cm³/mol. The van der Waals surface area contributed by atoms with Crippen molar-refractivity contribution in [3.63, 3.8) is 0 Å². The van der Waals surface area contributed by atoms with Crippen molar-refractivity contribution < 1.29 is 22.4 Å². The number of hydrogen-bond acceptors (Lipinski definition) is 7. The van der Waals surface area contributed by atoms with Gasteiger partial charge in [0.05, 0.1) is 4.90 Å². The van der Waals surface area contributed by atoms with Crippen molar-refractivity contribution in [1.29, 1.82) is 0 Å². The Morgan fingerprint density at radius 2 is 1.94 bits per heavy atom. The predicted octanol–water partition coefficient (Wildman–Crippen LogP) is 4.68. The van der Waals surface area contributed by atoms with E-state index in [1.54, 1.807) is 17.5 Å². The zero-order chi connectivity index (χ0) is 22.6. The number of furan rings is 1. The van der Waals surface area contributed by atoms with Gasteiger partial charge in [0, 0.05) is 17.3 Å². The Hall–Kier alpha value is -3.63. The third-order valence-corrected chi connectivity index (χ3v) is 6.51. The normalized spacial score (nSPS) is 11.2. The minimum atomic E-state index is -3.76. The van der Waals surface area contributed by atoms with E-state index >= 15 is 0 Å². The highest BCUT2D eigenvalue weighted by molar-refractivity contribution is 7.93. The Balaban J connectivity index is 1.36. The summed E-state index contributed by atoms with van der Waals surface area (Å²) in [4.78, 5) is 16.4. The fourth-order valence-electron chi connectivity index (χ4n) is 2.79. The van der Waals surface area contributed by atoms with Crippen LogP contribution < -0.4 is 14.8 Å². The molecule has 2 N–H and O–H groups in total. The van der Waals surface area contributed by atoms with Crippen molar-refractivity contribution in [2.24, 2.45) is 0 Å². The van der Waals surface area contributed by atoms with E-state index in [4.69, 9.17) is 9.15 Å². The third kappa shape index (κ3) is 5.34. The maximum Gasteiger partial charge on any atom is 0.291 e. The lowest BCUT2D eigenvalue weighted by Gasteiger charge is -2.07. The molecular formula is C22H19N3O5S2. The number of hydrogen-bond donors (Lipinski definition) is 2. The van der Waals surface area contributed by atoms with Crippen molar-refractivity contribution >= 4 is 38.1 Å². The quantitative estimate of drug-likeness (QED) is 0.388. The Labute approximate surface area is 188 Å². The maximum atomic E-state index is 12.5. The van der Waals surface area contributed by atoms with Crippen molar-refractivity contribution in [2.75, 3.05) is 10.0 Å². The zero-order valence-electron chi connectivity index (χ0n) is 16.9. The Morgan fingerprint density at radius 1 is 1.12 bits per heavy atom. The standard InChI is InChI=1S/C22H19N3O5S2/c1-15-3-2-4-17(13-15)29-14-18-7-10-20(30-18)21(26)24-16-5-8-19(9-6-16)32(27,28)25-22-23-11-12-31-22/h2-13H,14H2,1H3,(H,23,25)(H,24,26). The number of sulfonamides is 1. The fraction of sp³-hybridized carbons (Fsp3) is 0.0909. The van der Waals surface area contributed by atoms with Crippen LogP contribution >= 0.6 is 11.3 Å². The highest BCUT2D eigenvalue weighted by Gasteiger charge is 2.16. The Kier molecular flexibility index (Phi) is 6.24. The molecule has 4 rings (SSSR count). The Bertz CT molecular complexity index is 1310. The van der Waals surface area contributed by atoms with Crippen LogP contribution in [0.2, 0.25) is 0 Å². The van der Waals surface area contributed by atoms with Crippen LogP contribution in [-0.4, -0.2) is 19.3 Å². The van der Waals surface area contributed by atoms with Gasteiger partial charge in [-0.25, -0.2) is 13.4 Å². The second-order valence-electron chi connectivity index (χ2n) is 6.79. The molecule has 2 aromatic carbocycles. The summed E-state index contributed by atoms with van der Waals surface area (Å²) in [5.74, 6) is 0.886. The lowest BCUT2D eigenvalue weighted by atomic mass is 10.2. The van der Waals surface area contributed by atoms with E-state index in [1.807, 2.05) is 31.2 Å². The molecule has 0 bridgehead atoms. The molecule has 2 aromatic heterocycles. The number of aromatic nitrogens is 1. The van der Waals surface area contributed by atoms with Gasteiger partial charge in [0.15, 0.2) is 10.9 Å². The molecular weight excluding hydrogens is 450 g/mol. The summed E-state index contributed by atoms with van der Waals surface area (Å²) in [5, 5.41) is 4.63. The van der Waals surface area contributed by atoms with Crippen molar-refractivity contribution in [3.05, 3.63) is 89.3 Å². The van der Waals surface area contributed by atoms with Gasteiger partial charge >= 0.3 is 0 Å². The molecule has 32 heavy (non-hydrogen) atoms. The van der Waals surface area contributed by atoms with E-state index in [9.17, 15) is 13.2 Å². The maximum absolute atomic E-state index is 12.5. The van der Waals surface area contributed by atoms with Gasteiger partial charge in [-0.05, 0) is 61.0 Å². The van der Waals surface area contributed by atoms with Crippen molar-refractivity contribution in [1.82, 2.24) is 4.98 Å². The highest BCUT2D eigenvalue weighted by atomic mass is 32.2. The first-order valence-corrected chi connectivity index (χ1v) is 11.9. The van der Waals surface area contributed by atoms with Crippen LogP contribution in [0, 0.1) is 6.92 Å². The molecule has 0 unspecified atom stereocenters. The molecule has 2 heterocycles. The number of carbonyl (C=O) groups is 1. The Morgan fingerprint density at radius 3 is 2.66 bits per heavy atom. The first-order chi connectivity index (χ1) is 15.4. The number of aryl methyl sites for hydroxylation is 1. The summed E-state index contributed by atoms with van der Waals surface area (Å²) in [7, 11) is -3.76. The first-order valence-electron chi connectivity index (χ1n) is 9.51. The zero-order valence-corrected chi connectivity index (χ0v) is 18.6. The van der Waals surface area contributed by atoms with E-state index in [2.05, 4.69) is 15.0 Å². The average molecular weight is 470 g/mol. The van der Waals surface area contributed by atoms with Crippen LogP contribution in [0.5, 0.6) is 5.75 Å². The fourth-order valence-corrected chi connectivity index (χ4v) is 4.58. The number of nitrogens with one attached hydrogen (secondary N) is 2. The number of ether oxygens (including phenoxy) is 1. The smallest absolute Gasteiger partial charge is 0.291 e. The van der Waals surface area contributed by atoms with Crippen LogP contribution in [0.1, 0.15) is 21.9 Å². The molecule has 8 nitrogen and oxygen atoms in total. The molecule has 0 aliphatic rings. The lowest BCUT2D eigenvalue weighted by molar-refractivity contribution is 0.0992. The summed E-state index contributed by atoms with van der Waals surface area (Å²) in [5.41, 5.74) is 1.51. The van der Waals surface area contributed by atoms with Crippen LogP contribution in [0.3, 0.4) is 0 Å². The van der Waals surface area contributed by atoms with Crippen molar-refractivity contribution in [2.45, 2.75) is 18.4 Å². The van der Waals surface area contributed by atoms with E-state index in [0.29, 0.717) is 17.2 Å². The molecule has 0 atom stereocenters. The van der Waals surface area contributed by atoms with Crippen LogP contribution in [0.15, 0.2) is 81.6 Å². The molecule has 164 valence electrons. The summed E-state index contributed by atoms with van der Waals surface area (Å²) < 4.78 is 38.4. The second-order valence-corrected chi connectivity index (χ2v) is 9.37. The number of thiazole rings is 1. The number of amides is 1. The van der Waals surface area contributed by atoms with Gasteiger partial charge in [-0.2, -0.15) is 0 Å². The summed E-state index contributed by atoms with van der Waals surface area (Å²) in [6.07, 6.45) is 1.51. The molecule has 0 aliphatic carbocycles. The average Bonchev–Trinajstić information content (AvgIpc) is 3.44. The molecule has 0 radical (unpaired) electrons. The molecule has 1 amide bonds. The molecule has 0 saturated carbocycles. The SMILES string of the molecule is Cc1cccc(OCc2ccc(C(=O)Nc3ccc(S(=O)(=O)Nc4nccs4)cc3)o2)c1. The van der Waals surface area contributed by atoms with Crippen LogP contribution in [0.4, 0.5) is 10.8 Å². The monoisotopic (exact) mass is 469 g/mol. The van der Waals surface area contributed by atoms with Crippen LogP contribution in [0.25, 0.3) is 0 Å². The van der Waals surface area contributed by atoms with Gasteiger partial charge in [0.2, 0.25) is 0 Å². The lowest BCUT2D eigenvalue weighted by Crippen LogP contribution is -2.13.